The molecule has 0 aromatic heterocycles. The molecule has 5 heteroatoms. The fraction of sp³-hybridized carbons (Fsp3) is 0.833. The average molecular weight is 243 g/mol. The second-order valence-electron chi connectivity index (χ2n) is 4.51. The Morgan fingerprint density at radius 1 is 1.35 bits per heavy atom. The number of amidine groups is 1. The molecule has 0 aliphatic rings. The van der Waals surface area contributed by atoms with Crippen LogP contribution >= 0.6 is 0 Å². The molecule has 0 saturated carbocycles. The van der Waals surface area contributed by atoms with E-state index in [1.165, 1.54) is 19.3 Å². The van der Waals surface area contributed by atoms with Gasteiger partial charge in [0, 0.05) is 6.04 Å². The van der Waals surface area contributed by atoms with Gasteiger partial charge in [-0.25, -0.2) is 0 Å². The van der Waals surface area contributed by atoms with Gasteiger partial charge >= 0.3 is 0 Å². The molecule has 2 unspecified atom stereocenters. The Labute approximate surface area is 103 Å². The number of nitrogens with two attached hydrogens (primary N) is 1. The molecule has 0 saturated heterocycles. The summed E-state index contributed by atoms with van der Waals surface area (Å²) in [5.74, 6) is -0.831. The molecule has 1 amide bonds. The highest BCUT2D eigenvalue weighted by molar-refractivity contribution is 6.01. The molecule has 0 aromatic rings. The van der Waals surface area contributed by atoms with Crippen LogP contribution in [0.4, 0.5) is 0 Å². The molecule has 0 bridgehead atoms. The maximum absolute atomic E-state index is 11.7. The molecule has 0 aromatic carbocycles. The Balaban J connectivity index is 3.87. The molecule has 0 aliphatic heterocycles. The molecule has 0 spiro atoms. The van der Waals surface area contributed by atoms with Crippen LogP contribution in [0.2, 0.25) is 0 Å². The van der Waals surface area contributed by atoms with Crippen molar-refractivity contribution in [1.82, 2.24) is 5.32 Å². The summed E-state index contributed by atoms with van der Waals surface area (Å²) in [4.78, 5) is 11.7. The van der Waals surface area contributed by atoms with Gasteiger partial charge in [0.1, 0.15) is 0 Å². The van der Waals surface area contributed by atoms with Crippen molar-refractivity contribution in [2.24, 2.45) is 16.8 Å². The highest BCUT2D eigenvalue weighted by Crippen LogP contribution is 2.06. The first-order valence-corrected chi connectivity index (χ1v) is 6.30. The van der Waals surface area contributed by atoms with Crippen LogP contribution in [0, 0.1) is 5.92 Å². The summed E-state index contributed by atoms with van der Waals surface area (Å²) in [5, 5.41) is 14.2. The Morgan fingerprint density at radius 2 is 2.00 bits per heavy atom. The number of carbonyl (C=O) groups is 1. The van der Waals surface area contributed by atoms with Crippen LogP contribution in [-0.2, 0) is 4.79 Å². The molecular formula is C12H25N3O2. The second kappa shape index (κ2) is 8.84. The second-order valence-corrected chi connectivity index (χ2v) is 4.51. The lowest BCUT2D eigenvalue weighted by Gasteiger charge is -2.16. The monoisotopic (exact) mass is 243 g/mol. The largest absolute Gasteiger partial charge is 0.409 e. The lowest BCUT2D eigenvalue weighted by atomic mass is 10.1. The quantitative estimate of drug-likeness (QED) is 0.200. The zero-order chi connectivity index (χ0) is 13.3. The number of hydrogen-bond donors (Lipinski definition) is 3. The summed E-state index contributed by atoms with van der Waals surface area (Å²) in [7, 11) is 0. The minimum absolute atomic E-state index is 0.0549. The van der Waals surface area contributed by atoms with E-state index in [0.29, 0.717) is 0 Å². The zero-order valence-electron chi connectivity index (χ0n) is 11.1. The molecule has 0 fully saturated rings. The van der Waals surface area contributed by atoms with Crippen LogP contribution in [0.1, 0.15) is 52.9 Å². The number of nitrogens with one attached hydrogen (secondary N) is 1. The highest BCUT2D eigenvalue weighted by Gasteiger charge is 2.18. The van der Waals surface area contributed by atoms with E-state index in [1.807, 2.05) is 6.92 Å². The van der Waals surface area contributed by atoms with E-state index in [0.717, 1.165) is 12.8 Å². The van der Waals surface area contributed by atoms with Crippen molar-refractivity contribution in [3.63, 3.8) is 0 Å². The van der Waals surface area contributed by atoms with Crippen LogP contribution in [0.3, 0.4) is 0 Å². The first kappa shape index (κ1) is 15.7. The third-order valence-corrected chi connectivity index (χ3v) is 2.83. The average Bonchev–Trinajstić information content (AvgIpc) is 2.32. The normalized spacial score (nSPS) is 15.4. The third kappa shape index (κ3) is 6.81. The van der Waals surface area contributed by atoms with E-state index < -0.39 is 5.92 Å². The van der Waals surface area contributed by atoms with E-state index >= 15 is 0 Å². The molecule has 0 radical (unpaired) electrons. The molecule has 2 atom stereocenters. The fourth-order valence-corrected chi connectivity index (χ4v) is 1.54. The van der Waals surface area contributed by atoms with Crippen LogP contribution in [0.15, 0.2) is 5.16 Å². The van der Waals surface area contributed by atoms with Crippen LogP contribution in [0.5, 0.6) is 0 Å². The first-order chi connectivity index (χ1) is 8.02. The summed E-state index contributed by atoms with van der Waals surface area (Å²) in [6.07, 6.45) is 5.73. The van der Waals surface area contributed by atoms with Crippen molar-refractivity contribution in [2.75, 3.05) is 0 Å². The number of oxime groups is 1. The van der Waals surface area contributed by atoms with Gasteiger partial charge in [-0.3, -0.25) is 4.79 Å². The van der Waals surface area contributed by atoms with Crippen molar-refractivity contribution in [1.29, 1.82) is 0 Å². The van der Waals surface area contributed by atoms with Crippen LogP contribution in [0.25, 0.3) is 0 Å². The molecule has 100 valence electrons. The maximum atomic E-state index is 11.7. The predicted octanol–water partition coefficient (Wildman–Crippen LogP) is 1.84. The smallest absolute Gasteiger partial charge is 0.230 e. The predicted molar refractivity (Wildman–Crippen MR) is 68.9 cm³/mol. The molecule has 17 heavy (non-hydrogen) atoms. The minimum atomic E-state index is -0.585. The van der Waals surface area contributed by atoms with Crippen molar-refractivity contribution in [2.45, 2.75) is 58.9 Å². The standard InChI is InChI=1S/C12H25N3O2/c1-4-5-6-7-8-9(2)14-12(16)10(3)11(13)15-17/h9-10,17H,4-8H2,1-3H3,(H2,13,15)(H,14,16). The lowest BCUT2D eigenvalue weighted by Crippen LogP contribution is -2.41. The summed E-state index contributed by atoms with van der Waals surface area (Å²) < 4.78 is 0. The minimum Gasteiger partial charge on any atom is -0.409 e. The Morgan fingerprint density at radius 3 is 2.53 bits per heavy atom. The van der Waals surface area contributed by atoms with Crippen LogP contribution < -0.4 is 11.1 Å². The van der Waals surface area contributed by atoms with Gasteiger partial charge in [0.2, 0.25) is 5.91 Å². The van der Waals surface area contributed by atoms with Crippen molar-refractivity contribution in [3.8, 4) is 0 Å². The SMILES string of the molecule is CCCCCCC(C)NC(=O)C(C)C(N)=NO. The molecule has 5 nitrogen and oxygen atoms in total. The zero-order valence-corrected chi connectivity index (χ0v) is 11.1. The van der Waals surface area contributed by atoms with E-state index in [2.05, 4.69) is 17.4 Å². The topological polar surface area (TPSA) is 87.7 Å². The maximum Gasteiger partial charge on any atom is 0.230 e. The van der Waals surface area contributed by atoms with Crippen molar-refractivity contribution in [3.05, 3.63) is 0 Å². The third-order valence-electron chi connectivity index (χ3n) is 2.83. The van der Waals surface area contributed by atoms with E-state index in [1.54, 1.807) is 6.92 Å². The van der Waals surface area contributed by atoms with Crippen molar-refractivity contribution >= 4 is 11.7 Å². The van der Waals surface area contributed by atoms with Gasteiger partial charge in [0.15, 0.2) is 5.84 Å². The van der Waals surface area contributed by atoms with Gasteiger partial charge in [-0.05, 0) is 20.3 Å². The van der Waals surface area contributed by atoms with Gasteiger partial charge in [0.05, 0.1) is 5.92 Å². The Bertz CT molecular complexity index is 254. The van der Waals surface area contributed by atoms with Gasteiger partial charge in [0.25, 0.3) is 0 Å². The first-order valence-electron chi connectivity index (χ1n) is 6.30. The van der Waals surface area contributed by atoms with Crippen molar-refractivity contribution < 1.29 is 10.0 Å². The summed E-state index contributed by atoms with van der Waals surface area (Å²) in [6, 6.07) is 0.133. The van der Waals surface area contributed by atoms with E-state index in [4.69, 9.17) is 10.9 Å². The number of rotatable bonds is 8. The summed E-state index contributed by atoms with van der Waals surface area (Å²) in [6.45, 7) is 5.76. The van der Waals surface area contributed by atoms with E-state index in [-0.39, 0.29) is 17.8 Å². The lowest BCUT2D eigenvalue weighted by molar-refractivity contribution is -0.123. The molecule has 0 rings (SSSR count). The van der Waals surface area contributed by atoms with Gasteiger partial charge < -0.3 is 16.3 Å². The Kier molecular flexibility index (Phi) is 8.19. The van der Waals surface area contributed by atoms with Gasteiger partial charge in [-0.2, -0.15) is 0 Å². The molecule has 0 aliphatic carbocycles. The number of unbranched alkanes of at least 4 members (excludes halogenated alkanes) is 3. The van der Waals surface area contributed by atoms with Gasteiger partial charge in [-0.1, -0.05) is 37.8 Å². The number of amides is 1. The Hall–Kier alpha value is -1.26. The molecule has 0 heterocycles. The van der Waals surface area contributed by atoms with Gasteiger partial charge in [-0.15, -0.1) is 0 Å². The number of nitrogens with zero attached hydrogens (tertiary/aromatic N) is 1. The fourth-order valence-electron chi connectivity index (χ4n) is 1.54. The van der Waals surface area contributed by atoms with E-state index in [9.17, 15) is 4.79 Å². The molecule has 4 N–H and O–H groups in total. The highest BCUT2D eigenvalue weighted by atomic mass is 16.4. The molecular weight excluding hydrogens is 218 g/mol. The number of carbonyl (C=O) groups excluding carboxylic acids is 1. The number of hydrogen-bond acceptors (Lipinski definition) is 3. The van der Waals surface area contributed by atoms with Crippen LogP contribution in [-0.4, -0.2) is 23.0 Å². The summed E-state index contributed by atoms with van der Waals surface area (Å²) in [5.41, 5.74) is 5.37. The summed E-state index contributed by atoms with van der Waals surface area (Å²) >= 11 is 0.